The molecule has 1 aromatic heterocycles. The van der Waals surface area contributed by atoms with Crippen LogP contribution in [0.4, 0.5) is 0 Å². The Kier molecular flexibility index (Phi) is 3.52. The van der Waals surface area contributed by atoms with Crippen molar-refractivity contribution in [1.82, 2.24) is 9.55 Å². The van der Waals surface area contributed by atoms with Gasteiger partial charge in [0.1, 0.15) is 0 Å². The molecule has 0 aliphatic carbocycles. The number of imidazole rings is 1. The van der Waals surface area contributed by atoms with Gasteiger partial charge in [-0.2, -0.15) is 0 Å². The molecule has 0 radical (unpaired) electrons. The number of aromatic nitrogens is 2. The summed E-state index contributed by atoms with van der Waals surface area (Å²) in [7, 11) is 0. The van der Waals surface area contributed by atoms with Gasteiger partial charge in [0.25, 0.3) is 0 Å². The van der Waals surface area contributed by atoms with E-state index >= 15 is 0 Å². The molecular weight excluding hydrogens is 332 g/mol. The van der Waals surface area contributed by atoms with Crippen molar-refractivity contribution in [3.05, 3.63) is 56.8 Å². The highest BCUT2D eigenvalue weighted by Crippen LogP contribution is 2.26. The van der Waals surface area contributed by atoms with E-state index in [4.69, 9.17) is 12.2 Å². The minimum Gasteiger partial charge on any atom is -0.330 e. The topological polar surface area (TPSA) is 20.7 Å². The Labute approximate surface area is 131 Å². The summed E-state index contributed by atoms with van der Waals surface area (Å²) in [6, 6.07) is 12.7. The van der Waals surface area contributed by atoms with Crippen LogP contribution in [0.3, 0.4) is 0 Å². The Morgan fingerprint density at radius 2 is 2.00 bits per heavy atom. The van der Waals surface area contributed by atoms with E-state index < -0.39 is 0 Å². The van der Waals surface area contributed by atoms with Crippen LogP contribution in [0.25, 0.3) is 16.7 Å². The van der Waals surface area contributed by atoms with Gasteiger partial charge in [0.05, 0.1) is 16.7 Å². The van der Waals surface area contributed by atoms with E-state index in [9.17, 15) is 0 Å². The van der Waals surface area contributed by atoms with Crippen LogP contribution >= 0.6 is 28.1 Å². The molecule has 0 spiro atoms. The molecule has 3 aromatic rings. The first-order chi connectivity index (χ1) is 9.60. The van der Waals surface area contributed by atoms with Crippen molar-refractivity contribution in [2.75, 3.05) is 0 Å². The number of hydrogen-bond acceptors (Lipinski definition) is 1. The molecule has 0 saturated heterocycles. The van der Waals surface area contributed by atoms with Crippen LogP contribution < -0.4 is 0 Å². The second-order valence-electron chi connectivity index (χ2n) is 4.91. The van der Waals surface area contributed by atoms with Gasteiger partial charge in [-0.3, -0.25) is 4.57 Å². The van der Waals surface area contributed by atoms with Crippen molar-refractivity contribution >= 4 is 39.2 Å². The van der Waals surface area contributed by atoms with Gasteiger partial charge < -0.3 is 4.98 Å². The van der Waals surface area contributed by atoms with Crippen LogP contribution in [-0.4, -0.2) is 9.55 Å². The number of aromatic amines is 1. The summed E-state index contributed by atoms with van der Waals surface area (Å²) in [5, 5.41) is 0. The zero-order chi connectivity index (χ0) is 14.3. The largest absolute Gasteiger partial charge is 0.330 e. The minimum atomic E-state index is 0.739. The summed E-state index contributed by atoms with van der Waals surface area (Å²) in [6.45, 7) is 4.26. The maximum absolute atomic E-state index is 5.51. The number of nitrogens with one attached hydrogen (secondary N) is 1. The van der Waals surface area contributed by atoms with E-state index in [1.807, 2.05) is 0 Å². The number of aryl methyl sites for hydroxylation is 2. The average molecular weight is 347 g/mol. The Hall–Kier alpha value is -1.39. The third-order valence-electron chi connectivity index (χ3n) is 3.50. The highest BCUT2D eigenvalue weighted by Gasteiger charge is 2.10. The zero-order valence-corrected chi connectivity index (χ0v) is 13.8. The summed E-state index contributed by atoms with van der Waals surface area (Å²) in [6.07, 6.45) is 0.967. The number of benzene rings is 2. The van der Waals surface area contributed by atoms with E-state index in [0.717, 1.165) is 32.4 Å². The number of fused-ring (bicyclic) bond motifs is 1. The van der Waals surface area contributed by atoms with Gasteiger partial charge in [0.2, 0.25) is 0 Å². The maximum Gasteiger partial charge on any atom is 0.182 e. The molecule has 0 amide bonds. The lowest BCUT2D eigenvalue weighted by molar-refractivity contribution is 1.01. The van der Waals surface area contributed by atoms with Crippen molar-refractivity contribution in [3.8, 4) is 5.69 Å². The third kappa shape index (κ3) is 2.23. The first-order valence-electron chi connectivity index (χ1n) is 6.60. The van der Waals surface area contributed by atoms with E-state index in [0.29, 0.717) is 0 Å². The lowest BCUT2D eigenvalue weighted by Gasteiger charge is -2.11. The van der Waals surface area contributed by atoms with Gasteiger partial charge in [-0.25, -0.2) is 0 Å². The van der Waals surface area contributed by atoms with Gasteiger partial charge in [0.15, 0.2) is 4.77 Å². The summed E-state index contributed by atoms with van der Waals surface area (Å²) in [5.74, 6) is 0. The van der Waals surface area contributed by atoms with Crippen molar-refractivity contribution in [2.45, 2.75) is 20.3 Å². The fraction of sp³-hybridized carbons (Fsp3) is 0.188. The maximum atomic E-state index is 5.51. The molecule has 0 unspecified atom stereocenters. The van der Waals surface area contributed by atoms with Crippen molar-refractivity contribution < 1.29 is 0 Å². The molecule has 0 bridgehead atoms. The predicted octanol–water partition coefficient (Wildman–Crippen LogP) is 5.32. The van der Waals surface area contributed by atoms with E-state index in [2.05, 4.69) is 75.7 Å². The van der Waals surface area contributed by atoms with Crippen LogP contribution in [0.1, 0.15) is 18.1 Å². The molecule has 3 rings (SSSR count). The van der Waals surface area contributed by atoms with Gasteiger partial charge in [-0.1, -0.05) is 28.9 Å². The molecule has 4 heteroatoms. The molecule has 2 nitrogen and oxygen atoms in total. The Balaban J connectivity index is 2.37. The Morgan fingerprint density at radius 3 is 2.75 bits per heavy atom. The number of H-pyrrole nitrogens is 1. The monoisotopic (exact) mass is 346 g/mol. The fourth-order valence-electron chi connectivity index (χ4n) is 2.51. The summed E-state index contributed by atoms with van der Waals surface area (Å²) in [4.78, 5) is 3.28. The summed E-state index contributed by atoms with van der Waals surface area (Å²) >= 11 is 9.05. The molecule has 0 atom stereocenters. The molecule has 1 heterocycles. The smallest absolute Gasteiger partial charge is 0.182 e. The molecule has 20 heavy (non-hydrogen) atoms. The molecule has 0 aliphatic rings. The molecule has 0 saturated carbocycles. The van der Waals surface area contributed by atoms with Crippen LogP contribution in [0, 0.1) is 11.7 Å². The number of hydrogen-bond donors (Lipinski definition) is 1. The van der Waals surface area contributed by atoms with Crippen molar-refractivity contribution in [1.29, 1.82) is 0 Å². The average Bonchev–Trinajstić information content (AvgIpc) is 2.74. The molecule has 0 fully saturated rings. The van der Waals surface area contributed by atoms with Crippen LogP contribution in [0.15, 0.2) is 40.9 Å². The lowest BCUT2D eigenvalue weighted by atomic mass is 10.1. The van der Waals surface area contributed by atoms with Gasteiger partial charge in [-0.15, -0.1) is 0 Å². The van der Waals surface area contributed by atoms with E-state index in [-0.39, 0.29) is 0 Å². The molecule has 0 aliphatic heterocycles. The van der Waals surface area contributed by atoms with Gasteiger partial charge in [0, 0.05) is 4.47 Å². The molecular formula is C16H15BrN2S. The van der Waals surface area contributed by atoms with Crippen LogP contribution in [-0.2, 0) is 6.42 Å². The van der Waals surface area contributed by atoms with Gasteiger partial charge >= 0.3 is 0 Å². The second kappa shape index (κ2) is 5.19. The number of halogens is 1. The van der Waals surface area contributed by atoms with Crippen molar-refractivity contribution in [2.24, 2.45) is 0 Å². The Morgan fingerprint density at radius 1 is 1.20 bits per heavy atom. The van der Waals surface area contributed by atoms with Crippen molar-refractivity contribution in [3.63, 3.8) is 0 Å². The normalized spacial score (nSPS) is 11.2. The first-order valence-corrected chi connectivity index (χ1v) is 7.80. The standard InChI is InChI=1S/C16H15BrN2S/c1-3-11-9-12(17)5-7-14(11)19-15-8-10(2)4-6-13(15)18-16(19)20/h4-9H,3H2,1-2H3,(H,18,20). The number of nitrogens with zero attached hydrogens (tertiary/aromatic N) is 1. The highest BCUT2D eigenvalue weighted by atomic mass is 79.9. The SMILES string of the molecule is CCc1cc(Br)ccc1-n1c(=S)[nH]c2ccc(C)cc21. The van der Waals surface area contributed by atoms with Crippen LogP contribution in [0.5, 0.6) is 0 Å². The summed E-state index contributed by atoms with van der Waals surface area (Å²) in [5.41, 5.74) is 5.86. The van der Waals surface area contributed by atoms with Gasteiger partial charge in [-0.05, 0) is 67.0 Å². The highest BCUT2D eigenvalue weighted by molar-refractivity contribution is 9.10. The molecule has 102 valence electrons. The molecule has 2 aromatic carbocycles. The first kappa shape index (κ1) is 13.6. The minimum absolute atomic E-state index is 0.739. The molecule has 1 N–H and O–H groups in total. The number of rotatable bonds is 2. The lowest BCUT2D eigenvalue weighted by Crippen LogP contribution is -1.99. The zero-order valence-electron chi connectivity index (χ0n) is 11.4. The Bertz CT molecular complexity index is 845. The summed E-state index contributed by atoms with van der Waals surface area (Å²) < 4.78 is 3.96. The van der Waals surface area contributed by atoms with Crippen LogP contribution in [0.2, 0.25) is 0 Å². The fourth-order valence-corrected chi connectivity index (χ4v) is 3.22. The quantitative estimate of drug-likeness (QED) is 0.622. The van der Waals surface area contributed by atoms with E-state index in [1.165, 1.54) is 11.1 Å². The van der Waals surface area contributed by atoms with E-state index in [1.54, 1.807) is 0 Å². The predicted molar refractivity (Wildman–Crippen MR) is 90.3 cm³/mol. The third-order valence-corrected chi connectivity index (χ3v) is 4.28. The second-order valence-corrected chi connectivity index (χ2v) is 6.22.